The van der Waals surface area contributed by atoms with Gasteiger partial charge in [-0.15, -0.1) is 0 Å². The van der Waals surface area contributed by atoms with Crippen LogP contribution in [0.5, 0.6) is 0 Å². The van der Waals surface area contributed by atoms with Crippen LogP contribution in [0.3, 0.4) is 0 Å². The minimum Gasteiger partial charge on any atom is -0.314 e. The lowest BCUT2D eigenvalue weighted by molar-refractivity contribution is -0.137. The van der Waals surface area contributed by atoms with E-state index in [-0.39, 0.29) is 0 Å². The minimum absolute atomic E-state index is 0.418. The van der Waals surface area contributed by atoms with E-state index in [1.54, 1.807) is 12.1 Å². The van der Waals surface area contributed by atoms with E-state index in [9.17, 15) is 13.2 Å². The molecule has 1 aliphatic heterocycles. The number of piperazine rings is 1. The van der Waals surface area contributed by atoms with E-state index in [1.165, 1.54) is 0 Å². The van der Waals surface area contributed by atoms with Crippen LogP contribution in [-0.2, 0) is 12.7 Å². The molecule has 5 heteroatoms. The lowest BCUT2D eigenvalue weighted by Gasteiger charge is -2.33. The van der Waals surface area contributed by atoms with Gasteiger partial charge in [0, 0.05) is 32.2 Å². The fourth-order valence-electron chi connectivity index (χ4n) is 2.15. The maximum Gasteiger partial charge on any atom is 0.416 e. The fraction of sp³-hybridized carbons (Fsp3) is 0.538. The summed E-state index contributed by atoms with van der Waals surface area (Å²) >= 11 is 0. The van der Waals surface area contributed by atoms with Crippen LogP contribution in [0.1, 0.15) is 18.1 Å². The van der Waals surface area contributed by atoms with Crippen LogP contribution in [0.4, 0.5) is 13.2 Å². The van der Waals surface area contributed by atoms with Gasteiger partial charge >= 0.3 is 6.18 Å². The quantitative estimate of drug-likeness (QED) is 0.876. The normalized spacial score (nSPS) is 22.1. The van der Waals surface area contributed by atoms with Crippen molar-refractivity contribution in [3.8, 4) is 0 Å². The first-order valence-corrected chi connectivity index (χ1v) is 6.08. The Balaban J connectivity index is 2.02. The average molecular weight is 258 g/mol. The number of hydrogen-bond donors (Lipinski definition) is 1. The SMILES string of the molecule is C[C@H]1CNCCN1Cc1ccc(C(F)(F)F)cc1. The Labute approximate surface area is 105 Å². The van der Waals surface area contributed by atoms with Crippen molar-refractivity contribution in [2.75, 3.05) is 19.6 Å². The van der Waals surface area contributed by atoms with E-state index >= 15 is 0 Å². The average Bonchev–Trinajstić information content (AvgIpc) is 2.32. The first-order valence-electron chi connectivity index (χ1n) is 6.08. The van der Waals surface area contributed by atoms with Crippen LogP contribution in [0.15, 0.2) is 24.3 Å². The highest BCUT2D eigenvalue weighted by molar-refractivity contribution is 5.24. The largest absolute Gasteiger partial charge is 0.416 e. The van der Waals surface area contributed by atoms with Gasteiger partial charge in [0.15, 0.2) is 0 Å². The third-order valence-electron chi connectivity index (χ3n) is 3.31. The molecule has 1 heterocycles. The van der Waals surface area contributed by atoms with Crippen molar-refractivity contribution in [2.24, 2.45) is 0 Å². The van der Waals surface area contributed by atoms with Crippen molar-refractivity contribution < 1.29 is 13.2 Å². The van der Waals surface area contributed by atoms with Gasteiger partial charge in [-0.3, -0.25) is 4.90 Å². The summed E-state index contributed by atoms with van der Waals surface area (Å²) in [4.78, 5) is 2.28. The molecular weight excluding hydrogens is 241 g/mol. The van der Waals surface area contributed by atoms with Crippen LogP contribution in [0.2, 0.25) is 0 Å². The van der Waals surface area contributed by atoms with E-state index in [4.69, 9.17) is 0 Å². The molecule has 18 heavy (non-hydrogen) atoms. The summed E-state index contributed by atoms with van der Waals surface area (Å²) in [6, 6.07) is 5.86. The standard InChI is InChI=1S/C13H17F3N2/c1-10-8-17-6-7-18(10)9-11-2-4-12(5-3-11)13(14,15)16/h2-5,10,17H,6-9H2,1H3/t10-/m0/s1. The molecule has 0 saturated carbocycles. The summed E-state index contributed by atoms with van der Waals surface area (Å²) < 4.78 is 37.3. The molecule has 2 nitrogen and oxygen atoms in total. The second kappa shape index (κ2) is 5.28. The van der Waals surface area contributed by atoms with Gasteiger partial charge in [-0.2, -0.15) is 13.2 Å². The molecule has 0 bridgehead atoms. The summed E-state index contributed by atoms with van der Waals surface area (Å²) in [5.74, 6) is 0. The van der Waals surface area contributed by atoms with Crippen molar-refractivity contribution >= 4 is 0 Å². The Kier molecular flexibility index (Phi) is 3.92. The molecule has 1 aliphatic rings. The van der Waals surface area contributed by atoms with Gasteiger partial charge in [0.05, 0.1) is 5.56 Å². The number of hydrogen-bond acceptors (Lipinski definition) is 2. The summed E-state index contributed by atoms with van der Waals surface area (Å²) in [6.45, 7) is 5.63. The highest BCUT2D eigenvalue weighted by atomic mass is 19.4. The molecule has 1 aromatic carbocycles. The monoisotopic (exact) mass is 258 g/mol. The van der Waals surface area contributed by atoms with Crippen molar-refractivity contribution in [1.29, 1.82) is 0 Å². The summed E-state index contributed by atoms with van der Waals surface area (Å²) in [6.07, 6.45) is -4.25. The molecular formula is C13H17F3N2. The number of rotatable bonds is 2. The summed E-state index contributed by atoms with van der Waals surface area (Å²) in [7, 11) is 0. The predicted octanol–water partition coefficient (Wildman–Crippen LogP) is 2.50. The summed E-state index contributed by atoms with van der Waals surface area (Å²) in [5.41, 5.74) is 0.344. The molecule has 0 spiro atoms. The Morgan fingerprint density at radius 2 is 1.94 bits per heavy atom. The fourth-order valence-corrected chi connectivity index (χ4v) is 2.15. The molecule has 100 valence electrons. The highest BCUT2D eigenvalue weighted by Crippen LogP contribution is 2.29. The highest BCUT2D eigenvalue weighted by Gasteiger charge is 2.30. The molecule has 0 aromatic heterocycles. The first kappa shape index (κ1) is 13.4. The molecule has 0 radical (unpaired) electrons. The molecule has 1 aromatic rings. The van der Waals surface area contributed by atoms with Crippen molar-refractivity contribution in [1.82, 2.24) is 10.2 Å². The molecule has 1 N–H and O–H groups in total. The van der Waals surface area contributed by atoms with E-state index in [1.807, 2.05) is 0 Å². The number of nitrogens with zero attached hydrogens (tertiary/aromatic N) is 1. The van der Waals surface area contributed by atoms with Gasteiger partial charge in [0.2, 0.25) is 0 Å². The van der Waals surface area contributed by atoms with Crippen molar-refractivity contribution in [2.45, 2.75) is 25.7 Å². The van der Waals surface area contributed by atoms with Gasteiger partial charge in [0.1, 0.15) is 0 Å². The maximum atomic E-state index is 12.4. The van der Waals surface area contributed by atoms with Crippen LogP contribution in [-0.4, -0.2) is 30.6 Å². The second-order valence-electron chi connectivity index (χ2n) is 4.72. The third-order valence-corrected chi connectivity index (χ3v) is 3.31. The Hall–Kier alpha value is -1.07. The maximum absolute atomic E-state index is 12.4. The van der Waals surface area contributed by atoms with Crippen LogP contribution in [0, 0.1) is 0 Å². The zero-order valence-electron chi connectivity index (χ0n) is 10.3. The lowest BCUT2D eigenvalue weighted by atomic mass is 10.1. The van der Waals surface area contributed by atoms with E-state index < -0.39 is 11.7 Å². The molecule has 1 atom stereocenters. The van der Waals surface area contributed by atoms with Crippen LogP contribution < -0.4 is 5.32 Å². The van der Waals surface area contributed by atoms with Gasteiger partial charge < -0.3 is 5.32 Å². The van der Waals surface area contributed by atoms with Gasteiger partial charge in [-0.1, -0.05) is 12.1 Å². The van der Waals surface area contributed by atoms with E-state index in [2.05, 4.69) is 17.1 Å². The zero-order chi connectivity index (χ0) is 13.2. The van der Waals surface area contributed by atoms with Gasteiger partial charge in [0.25, 0.3) is 0 Å². The summed E-state index contributed by atoms with van der Waals surface area (Å²) in [5, 5.41) is 3.29. The van der Waals surface area contributed by atoms with Gasteiger partial charge in [-0.05, 0) is 24.6 Å². The molecule has 0 aliphatic carbocycles. The van der Waals surface area contributed by atoms with E-state index in [0.717, 1.165) is 37.3 Å². The molecule has 0 amide bonds. The Morgan fingerprint density at radius 1 is 1.28 bits per heavy atom. The van der Waals surface area contributed by atoms with E-state index in [0.29, 0.717) is 12.6 Å². The molecule has 0 unspecified atom stereocenters. The molecule has 1 fully saturated rings. The smallest absolute Gasteiger partial charge is 0.314 e. The van der Waals surface area contributed by atoms with Crippen LogP contribution >= 0.6 is 0 Å². The number of alkyl halides is 3. The lowest BCUT2D eigenvalue weighted by Crippen LogP contribution is -2.49. The Bertz CT molecular complexity index is 386. The number of halogens is 3. The molecule has 2 rings (SSSR count). The minimum atomic E-state index is -4.25. The molecule has 1 saturated heterocycles. The third kappa shape index (κ3) is 3.23. The van der Waals surface area contributed by atoms with Crippen molar-refractivity contribution in [3.63, 3.8) is 0 Å². The zero-order valence-corrected chi connectivity index (χ0v) is 10.3. The van der Waals surface area contributed by atoms with Crippen molar-refractivity contribution in [3.05, 3.63) is 35.4 Å². The van der Waals surface area contributed by atoms with Gasteiger partial charge in [-0.25, -0.2) is 0 Å². The first-order chi connectivity index (χ1) is 8.47. The topological polar surface area (TPSA) is 15.3 Å². The number of benzene rings is 1. The Morgan fingerprint density at radius 3 is 2.50 bits per heavy atom. The predicted molar refractivity (Wildman–Crippen MR) is 64.2 cm³/mol. The number of nitrogens with one attached hydrogen (secondary N) is 1. The van der Waals surface area contributed by atoms with Crippen LogP contribution in [0.25, 0.3) is 0 Å². The second-order valence-corrected chi connectivity index (χ2v) is 4.72.